The van der Waals surface area contributed by atoms with Crippen LogP contribution in [-0.2, 0) is 19.2 Å². The highest BCUT2D eigenvalue weighted by molar-refractivity contribution is 8.00. The first-order valence-electron chi connectivity index (χ1n) is 8.75. The van der Waals surface area contributed by atoms with Crippen LogP contribution in [0.4, 0.5) is 11.4 Å². The van der Waals surface area contributed by atoms with Gasteiger partial charge < -0.3 is 10.4 Å². The fourth-order valence-electron chi connectivity index (χ4n) is 2.80. The molecule has 1 aliphatic rings. The number of carboxylic acid groups (broad SMARTS) is 1. The molecule has 2 N–H and O–H groups in total. The van der Waals surface area contributed by atoms with Crippen molar-refractivity contribution in [2.45, 2.75) is 23.5 Å². The van der Waals surface area contributed by atoms with E-state index in [-0.39, 0.29) is 18.2 Å². The number of carbonyl (C=O) groups is 4. The number of aryl methyl sites for hydroxylation is 1. The van der Waals surface area contributed by atoms with Crippen LogP contribution in [0.1, 0.15) is 12.0 Å². The van der Waals surface area contributed by atoms with Crippen LogP contribution < -0.4 is 10.2 Å². The summed E-state index contributed by atoms with van der Waals surface area (Å²) < 4.78 is 0. The smallest absolute Gasteiger partial charge is 0.328 e. The highest BCUT2D eigenvalue weighted by Gasteiger charge is 2.40. The van der Waals surface area contributed by atoms with E-state index in [1.807, 2.05) is 19.1 Å². The Morgan fingerprint density at radius 1 is 1.14 bits per heavy atom. The van der Waals surface area contributed by atoms with Gasteiger partial charge in [-0.15, -0.1) is 11.8 Å². The molecule has 29 heavy (non-hydrogen) atoms. The predicted octanol–water partition coefficient (Wildman–Crippen LogP) is 3.00. The number of thioether (sulfide) groups is 1. The molecule has 3 amide bonds. The number of nitrogens with one attached hydrogen (secondary N) is 1. The van der Waals surface area contributed by atoms with E-state index in [1.165, 1.54) is 16.7 Å². The van der Waals surface area contributed by atoms with E-state index in [9.17, 15) is 19.2 Å². The van der Waals surface area contributed by atoms with Gasteiger partial charge in [-0.2, -0.15) is 0 Å². The number of imide groups is 1. The first-order chi connectivity index (χ1) is 13.8. The molecule has 1 atom stereocenters. The Bertz CT molecular complexity index is 1000. The van der Waals surface area contributed by atoms with E-state index < -0.39 is 17.1 Å². The van der Waals surface area contributed by atoms with Crippen molar-refractivity contribution in [2.24, 2.45) is 0 Å². The second-order valence-electron chi connectivity index (χ2n) is 6.40. The molecule has 1 saturated heterocycles. The molecule has 0 unspecified atom stereocenters. The number of amides is 3. The quantitative estimate of drug-likeness (QED) is 0.560. The Kier molecular flexibility index (Phi) is 6.13. The average Bonchev–Trinajstić information content (AvgIpc) is 2.94. The number of hydrogen-bond donors (Lipinski definition) is 2. The number of hydrogen-bond acceptors (Lipinski definition) is 5. The average molecular weight is 410 g/mol. The van der Waals surface area contributed by atoms with Gasteiger partial charge in [0.25, 0.3) is 0 Å². The standard InChI is InChI=1S/C21H18N2O5S/c1-13-5-7-15(8-6-13)23-19(25)12-17(21(23)28)29-16-4-2-3-14(11-16)22-18(24)9-10-20(26)27/h2-11,17H,12H2,1H3,(H,22,24)(H,26,27)/b10-9+/t17-/m0/s1. The maximum atomic E-state index is 12.8. The van der Waals surface area contributed by atoms with Crippen molar-refractivity contribution in [1.82, 2.24) is 0 Å². The van der Waals surface area contributed by atoms with Gasteiger partial charge >= 0.3 is 5.97 Å². The fourth-order valence-corrected chi connectivity index (χ4v) is 3.92. The van der Waals surface area contributed by atoms with E-state index in [0.29, 0.717) is 16.3 Å². The van der Waals surface area contributed by atoms with Gasteiger partial charge in [-0.05, 0) is 37.3 Å². The van der Waals surface area contributed by atoms with Crippen molar-refractivity contribution >= 4 is 46.8 Å². The van der Waals surface area contributed by atoms with Crippen molar-refractivity contribution in [3.8, 4) is 0 Å². The minimum atomic E-state index is -1.22. The lowest BCUT2D eigenvalue weighted by molar-refractivity contribution is -0.131. The van der Waals surface area contributed by atoms with Gasteiger partial charge in [0.1, 0.15) is 0 Å². The van der Waals surface area contributed by atoms with Crippen molar-refractivity contribution in [2.75, 3.05) is 10.2 Å². The zero-order chi connectivity index (χ0) is 21.0. The van der Waals surface area contributed by atoms with Crippen LogP contribution in [0.5, 0.6) is 0 Å². The van der Waals surface area contributed by atoms with Gasteiger partial charge in [-0.3, -0.25) is 14.4 Å². The van der Waals surface area contributed by atoms with Gasteiger partial charge in [0.2, 0.25) is 17.7 Å². The number of carboxylic acids is 1. The maximum absolute atomic E-state index is 12.8. The van der Waals surface area contributed by atoms with E-state index in [0.717, 1.165) is 17.7 Å². The van der Waals surface area contributed by atoms with Gasteiger partial charge in [0.05, 0.1) is 10.9 Å². The fraction of sp³-hybridized carbons (Fsp3) is 0.143. The summed E-state index contributed by atoms with van der Waals surface area (Å²) in [6, 6.07) is 14.0. The number of rotatable bonds is 6. The summed E-state index contributed by atoms with van der Waals surface area (Å²) in [5.74, 6) is -2.32. The zero-order valence-corrected chi connectivity index (χ0v) is 16.3. The van der Waals surface area contributed by atoms with Gasteiger partial charge in [-0.1, -0.05) is 23.8 Å². The number of anilines is 2. The van der Waals surface area contributed by atoms with Crippen LogP contribution in [0.3, 0.4) is 0 Å². The van der Waals surface area contributed by atoms with E-state index >= 15 is 0 Å². The van der Waals surface area contributed by atoms with Gasteiger partial charge in [0, 0.05) is 29.2 Å². The molecule has 8 heteroatoms. The lowest BCUT2D eigenvalue weighted by Gasteiger charge is -2.15. The summed E-state index contributed by atoms with van der Waals surface area (Å²) in [5, 5.41) is 10.6. The summed E-state index contributed by atoms with van der Waals surface area (Å²) >= 11 is 1.25. The minimum Gasteiger partial charge on any atom is -0.478 e. The molecular weight excluding hydrogens is 392 g/mol. The topological polar surface area (TPSA) is 104 Å². The molecule has 0 bridgehead atoms. The molecule has 1 heterocycles. The predicted molar refractivity (Wildman–Crippen MR) is 110 cm³/mol. The summed E-state index contributed by atoms with van der Waals surface area (Å²) in [4.78, 5) is 49.3. The molecule has 2 aromatic rings. The van der Waals surface area contributed by atoms with Crippen LogP contribution in [-0.4, -0.2) is 34.0 Å². The third-order valence-corrected chi connectivity index (χ3v) is 5.33. The third-order valence-electron chi connectivity index (χ3n) is 4.15. The van der Waals surface area contributed by atoms with Gasteiger partial charge in [0.15, 0.2) is 0 Å². The van der Waals surface area contributed by atoms with E-state index in [2.05, 4.69) is 5.32 Å². The second kappa shape index (κ2) is 8.74. The third kappa shape index (κ3) is 5.11. The Morgan fingerprint density at radius 2 is 1.86 bits per heavy atom. The molecule has 148 valence electrons. The largest absolute Gasteiger partial charge is 0.478 e. The number of aliphatic carboxylic acids is 1. The Morgan fingerprint density at radius 3 is 2.55 bits per heavy atom. The Balaban J connectivity index is 1.69. The Labute approximate surface area is 171 Å². The highest BCUT2D eigenvalue weighted by atomic mass is 32.2. The Hall–Kier alpha value is -3.39. The maximum Gasteiger partial charge on any atom is 0.328 e. The number of benzene rings is 2. The van der Waals surface area contributed by atoms with Crippen LogP contribution in [0.2, 0.25) is 0 Å². The number of nitrogens with zero attached hydrogens (tertiary/aromatic N) is 1. The molecular formula is C21H18N2O5S. The molecule has 1 aliphatic heterocycles. The molecule has 0 radical (unpaired) electrons. The molecule has 7 nitrogen and oxygen atoms in total. The summed E-state index contributed by atoms with van der Waals surface area (Å²) in [6.07, 6.45) is 1.76. The van der Waals surface area contributed by atoms with E-state index in [4.69, 9.17) is 5.11 Å². The van der Waals surface area contributed by atoms with Crippen LogP contribution in [0, 0.1) is 6.92 Å². The molecule has 0 saturated carbocycles. The summed E-state index contributed by atoms with van der Waals surface area (Å²) in [6.45, 7) is 1.93. The van der Waals surface area contributed by atoms with Gasteiger partial charge in [-0.25, -0.2) is 9.69 Å². The lowest BCUT2D eigenvalue weighted by atomic mass is 10.2. The number of carbonyl (C=O) groups excluding carboxylic acids is 3. The first kappa shape index (κ1) is 20.3. The summed E-state index contributed by atoms with van der Waals surface area (Å²) in [5.41, 5.74) is 2.05. The van der Waals surface area contributed by atoms with E-state index in [1.54, 1.807) is 36.4 Å². The molecule has 1 fully saturated rings. The van der Waals surface area contributed by atoms with Crippen molar-refractivity contribution in [3.63, 3.8) is 0 Å². The molecule has 0 aromatic heterocycles. The molecule has 0 spiro atoms. The SMILES string of the molecule is Cc1ccc(N2C(=O)C[C@H](Sc3cccc(NC(=O)/C=C/C(=O)O)c3)C2=O)cc1. The molecule has 2 aromatic carbocycles. The monoisotopic (exact) mass is 410 g/mol. The first-order valence-corrected chi connectivity index (χ1v) is 9.63. The summed E-state index contributed by atoms with van der Waals surface area (Å²) in [7, 11) is 0. The second-order valence-corrected chi connectivity index (χ2v) is 7.68. The van der Waals surface area contributed by atoms with Crippen molar-refractivity contribution < 1.29 is 24.3 Å². The van der Waals surface area contributed by atoms with Crippen molar-refractivity contribution in [1.29, 1.82) is 0 Å². The van der Waals surface area contributed by atoms with Crippen LogP contribution >= 0.6 is 11.8 Å². The van der Waals surface area contributed by atoms with Crippen LogP contribution in [0.15, 0.2) is 65.6 Å². The van der Waals surface area contributed by atoms with Crippen LogP contribution in [0.25, 0.3) is 0 Å². The molecule has 0 aliphatic carbocycles. The lowest BCUT2D eigenvalue weighted by Crippen LogP contribution is -2.31. The normalized spacial score (nSPS) is 16.4. The zero-order valence-electron chi connectivity index (χ0n) is 15.5. The molecule has 3 rings (SSSR count). The van der Waals surface area contributed by atoms with Crippen molar-refractivity contribution in [3.05, 3.63) is 66.2 Å². The minimum absolute atomic E-state index is 0.0926. The highest BCUT2D eigenvalue weighted by Crippen LogP contribution is 2.34.